The third kappa shape index (κ3) is 1.76. The van der Waals surface area contributed by atoms with Gasteiger partial charge >= 0.3 is 11.8 Å². The smallest absolute Gasteiger partial charge is 0.437 e. The van der Waals surface area contributed by atoms with E-state index in [9.17, 15) is 15.2 Å². The minimum atomic E-state index is -0.674. The Morgan fingerprint density at radius 1 is 1.57 bits per heavy atom. The zero-order valence-corrected chi connectivity index (χ0v) is 8.02. The lowest BCUT2D eigenvalue weighted by molar-refractivity contribution is -0.393. The number of nitro groups is 1. The molecule has 0 fully saturated rings. The summed E-state index contributed by atoms with van der Waals surface area (Å²) in [6, 6.07) is 0. The molecule has 0 radical (unpaired) electrons. The van der Waals surface area contributed by atoms with E-state index in [1.165, 1.54) is 0 Å². The molecular formula is C7H12N4O3. The van der Waals surface area contributed by atoms with Crippen molar-refractivity contribution in [3.8, 4) is 5.88 Å². The van der Waals surface area contributed by atoms with Crippen molar-refractivity contribution < 1.29 is 10.0 Å². The van der Waals surface area contributed by atoms with Crippen LogP contribution < -0.4 is 4.90 Å². The highest BCUT2D eigenvalue weighted by molar-refractivity contribution is 5.50. The summed E-state index contributed by atoms with van der Waals surface area (Å²) in [6.45, 7) is 5.02. The van der Waals surface area contributed by atoms with Crippen LogP contribution in [0.3, 0.4) is 0 Å². The molecule has 78 valence electrons. The van der Waals surface area contributed by atoms with E-state index >= 15 is 0 Å². The van der Waals surface area contributed by atoms with Gasteiger partial charge in [0.2, 0.25) is 0 Å². The van der Waals surface area contributed by atoms with Gasteiger partial charge in [-0.3, -0.25) is 0 Å². The van der Waals surface area contributed by atoms with E-state index in [1.807, 2.05) is 13.8 Å². The Kier molecular flexibility index (Phi) is 2.90. The van der Waals surface area contributed by atoms with Crippen LogP contribution in [0.5, 0.6) is 5.88 Å². The number of anilines is 1. The molecule has 1 rings (SSSR count). The van der Waals surface area contributed by atoms with Gasteiger partial charge in [-0.1, -0.05) is 0 Å². The normalized spacial score (nSPS) is 10.1. The molecule has 1 heterocycles. The van der Waals surface area contributed by atoms with Crippen LogP contribution in [0.25, 0.3) is 0 Å². The molecule has 0 saturated carbocycles. The molecule has 7 nitrogen and oxygen atoms in total. The molecule has 0 spiro atoms. The van der Waals surface area contributed by atoms with E-state index in [4.69, 9.17) is 0 Å². The first-order valence-electron chi connectivity index (χ1n) is 4.28. The van der Waals surface area contributed by atoms with Crippen LogP contribution in [-0.2, 0) is 0 Å². The zero-order valence-electron chi connectivity index (χ0n) is 8.02. The lowest BCUT2D eigenvalue weighted by Crippen LogP contribution is -2.22. The summed E-state index contributed by atoms with van der Waals surface area (Å²) in [6.07, 6.45) is 0. The molecule has 1 aromatic rings. The van der Waals surface area contributed by atoms with Crippen LogP contribution in [0.1, 0.15) is 13.8 Å². The molecule has 2 N–H and O–H groups in total. The number of nitrogens with one attached hydrogen (secondary N) is 1. The van der Waals surface area contributed by atoms with Gasteiger partial charge in [0.05, 0.1) is 0 Å². The Balaban J connectivity index is 3.02. The second kappa shape index (κ2) is 3.95. The number of nitrogens with zero attached hydrogens (tertiary/aromatic N) is 3. The number of aromatic hydroxyl groups is 1. The predicted molar refractivity (Wildman–Crippen MR) is 50.5 cm³/mol. The van der Waals surface area contributed by atoms with Crippen LogP contribution in [0, 0.1) is 10.1 Å². The summed E-state index contributed by atoms with van der Waals surface area (Å²) in [5.41, 5.74) is 0. The van der Waals surface area contributed by atoms with Crippen molar-refractivity contribution in [1.29, 1.82) is 0 Å². The molecule has 0 amide bonds. The van der Waals surface area contributed by atoms with Crippen molar-refractivity contribution in [1.82, 2.24) is 9.97 Å². The van der Waals surface area contributed by atoms with Crippen molar-refractivity contribution in [2.24, 2.45) is 0 Å². The van der Waals surface area contributed by atoms with Gasteiger partial charge in [-0.2, -0.15) is 0 Å². The van der Waals surface area contributed by atoms with Crippen molar-refractivity contribution >= 4 is 11.8 Å². The van der Waals surface area contributed by atoms with Gasteiger partial charge in [-0.05, 0) is 23.8 Å². The number of aromatic amines is 1. The van der Waals surface area contributed by atoms with Gasteiger partial charge in [0.25, 0.3) is 5.82 Å². The number of hydrogen-bond donors (Lipinski definition) is 2. The Hall–Kier alpha value is -1.79. The van der Waals surface area contributed by atoms with Crippen LogP contribution in [-0.4, -0.2) is 33.1 Å². The molecule has 0 unspecified atom stereocenters. The first-order chi connectivity index (χ1) is 6.60. The largest absolute Gasteiger partial charge is 0.480 e. The van der Waals surface area contributed by atoms with Crippen molar-refractivity contribution in [3.63, 3.8) is 0 Å². The van der Waals surface area contributed by atoms with Gasteiger partial charge in [-0.25, -0.2) is 4.98 Å². The fourth-order valence-corrected chi connectivity index (χ4v) is 1.17. The number of rotatable bonds is 4. The van der Waals surface area contributed by atoms with E-state index in [0.717, 1.165) is 0 Å². The second-order valence-corrected chi connectivity index (χ2v) is 2.66. The summed E-state index contributed by atoms with van der Waals surface area (Å²) >= 11 is 0. The van der Waals surface area contributed by atoms with Crippen molar-refractivity contribution in [2.45, 2.75) is 13.8 Å². The van der Waals surface area contributed by atoms with Crippen LogP contribution in [0.2, 0.25) is 0 Å². The lowest BCUT2D eigenvalue weighted by atomic mass is 10.5. The SMILES string of the molecule is CCN(CC)c1nc([N+](=O)[O-])[nH]c1O. The third-order valence-electron chi connectivity index (χ3n) is 1.89. The average molecular weight is 200 g/mol. The molecule has 7 heteroatoms. The fraction of sp³-hybridized carbons (Fsp3) is 0.571. The number of aromatic nitrogens is 2. The maximum atomic E-state index is 10.3. The van der Waals surface area contributed by atoms with Crippen molar-refractivity contribution in [3.05, 3.63) is 10.1 Å². The van der Waals surface area contributed by atoms with E-state index in [0.29, 0.717) is 13.1 Å². The number of hydrogen-bond acceptors (Lipinski definition) is 5. The highest BCUT2D eigenvalue weighted by atomic mass is 16.6. The molecule has 0 saturated heterocycles. The third-order valence-corrected chi connectivity index (χ3v) is 1.89. The molecule has 0 aromatic carbocycles. The Morgan fingerprint density at radius 2 is 2.14 bits per heavy atom. The molecule has 14 heavy (non-hydrogen) atoms. The summed E-state index contributed by atoms with van der Waals surface area (Å²) < 4.78 is 0. The van der Waals surface area contributed by atoms with Gasteiger partial charge in [0, 0.05) is 13.1 Å². The Morgan fingerprint density at radius 3 is 2.50 bits per heavy atom. The summed E-state index contributed by atoms with van der Waals surface area (Å²) in [7, 11) is 0. The lowest BCUT2D eigenvalue weighted by Gasteiger charge is -2.14. The number of imidazole rings is 1. The van der Waals surface area contributed by atoms with E-state index < -0.39 is 10.9 Å². The molecule has 0 aliphatic rings. The quantitative estimate of drug-likeness (QED) is 0.555. The fourth-order valence-electron chi connectivity index (χ4n) is 1.17. The first kappa shape index (κ1) is 10.3. The Labute approximate surface area is 80.5 Å². The molecular weight excluding hydrogens is 188 g/mol. The molecule has 1 aromatic heterocycles. The number of H-pyrrole nitrogens is 1. The van der Waals surface area contributed by atoms with Crippen LogP contribution >= 0.6 is 0 Å². The minimum absolute atomic E-state index is 0.224. The van der Waals surface area contributed by atoms with Gasteiger partial charge in [0.15, 0.2) is 0 Å². The average Bonchev–Trinajstić information content (AvgIpc) is 2.51. The summed E-state index contributed by atoms with van der Waals surface area (Å²) in [5.74, 6) is -0.480. The summed E-state index contributed by atoms with van der Waals surface area (Å²) in [5, 5.41) is 19.7. The zero-order chi connectivity index (χ0) is 10.7. The molecule has 0 aliphatic heterocycles. The van der Waals surface area contributed by atoms with Crippen molar-refractivity contribution in [2.75, 3.05) is 18.0 Å². The second-order valence-electron chi connectivity index (χ2n) is 2.66. The highest BCUT2D eigenvalue weighted by Gasteiger charge is 2.23. The maximum absolute atomic E-state index is 10.3. The van der Waals surface area contributed by atoms with E-state index in [-0.39, 0.29) is 11.7 Å². The predicted octanol–water partition coefficient (Wildman–Crippen LogP) is 0.870. The molecule has 0 bridgehead atoms. The Bertz CT molecular complexity index is 332. The van der Waals surface area contributed by atoms with Crippen LogP contribution in [0.15, 0.2) is 0 Å². The summed E-state index contributed by atoms with van der Waals surface area (Å²) in [4.78, 5) is 17.3. The highest BCUT2D eigenvalue weighted by Crippen LogP contribution is 2.26. The van der Waals surface area contributed by atoms with E-state index in [2.05, 4.69) is 9.97 Å². The topological polar surface area (TPSA) is 95.3 Å². The standard InChI is InChI=1S/C7H12N4O3/c1-3-10(4-2)5-6(12)9-7(8-5)11(13)14/h12H,3-4H2,1-2H3,(H,8,9). The minimum Gasteiger partial charge on any atom is -0.480 e. The van der Waals surface area contributed by atoms with E-state index in [1.54, 1.807) is 4.90 Å². The molecule has 0 atom stereocenters. The van der Waals surface area contributed by atoms with Gasteiger partial charge in [0.1, 0.15) is 0 Å². The van der Waals surface area contributed by atoms with Crippen LogP contribution in [0.4, 0.5) is 11.8 Å². The van der Waals surface area contributed by atoms with Gasteiger partial charge in [-0.15, -0.1) is 0 Å². The van der Waals surface area contributed by atoms with Gasteiger partial charge < -0.3 is 20.1 Å². The molecule has 0 aliphatic carbocycles. The first-order valence-corrected chi connectivity index (χ1v) is 4.28. The monoisotopic (exact) mass is 200 g/mol. The maximum Gasteiger partial charge on any atom is 0.437 e.